The van der Waals surface area contributed by atoms with Crippen molar-refractivity contribution in [3.8, 4) is 0 Å². The smallest absolute Gasteiger partial charge is 0.170 e. The molecular formula is C11H9BrClN3O. The average Bonchev–Trinajstić information content (AvgIpc) is 2.63. The van der Waals surface area contributed by atoms with Gasteiger partial charge >= 0.3 is 0 Å². The van der Waals surface area contributed by atoms with Crippen LogP contribution in [0.1, 0.15) is 16.1 Å². The summed E-state index contributed by atoms with van der Waals surface area (Å²) in [6.07, 6.45) is 1.92. The highest BCUT2D eigenvalue weighted by molar-refractivity contribution is 9.10. The summed E-state index contributed by atoms with van der Waals surface area (Å²) >= 11 is 9.30. The molecule has 0 atom stereocenters. The molecule has 0 unspecified atom stereocenters. The minimum absolute atomic E-state index is 0.0667. The van der Waals surface area contributed by atoms with E-state index in [4.69, 9.17) is 11.6 Å². The van der Waals surface area contributed by atoms with Gasteiger partial charge in [0.05, 0.1) is 17.1 Å². The molecule has 1 aromatic heterocycles. The maximum Gasteiger partial charge on any atom is 0.170 e. The molecule has 1 heterocycles. The van der Waals surface area contributed by atoms with Gasteiger partial charge in [-0.3, -0.25) is 9.48 Å². The number of carbonyl (C=O) groups is 1. The molecule has 17 heavy (non-hydrogen) atoms. The number of carbonyl (C=O) groups excluding carboxylic acids is 1. The summed E-state index contributed by atoms with van der Waals surface area (Å²) < 4.78 is 2.41. The van der Waals surface area contributed by atoms with Crippen LogP contribution in [-0.4, -0.2) is 20.8 Å². The highest BCUT2D eigenvalue weighted by Crippen LogP contribution is 2.22. The van der Waals surface area contributed by atoms with Gasteiger partial charge in [-0.2, -0.15) is 0 Å². The van der Waals surface area contributed by atoms with Gasteiger partial charge in [0, 0.05) is 23.3 Å². The number of aromatic nitrogens is 3. The second-order valence-corrected chi connectivity index (χ2v) is 4.93. The molecule has 0 bridgehead atoms. The molecule has 0 saturated heterocycles. The molecule has 2 rings (SSSR count). The van der Waals surface area contributed by atoms with Gasteiger partial charge in [0.2, 0.25) is 0 Å². The molecule has 0 aliphatic heterocycles. The first-order chi connectivity index (χ1) is 8.06. The van der Waals surface area contributed by atoms with Gasteiger partial charge in [0.1, 0.15) is 0 Å². The summed E-state index contributed by atoms with van der Waals surface area (Å²) in [4.78, 5) is 12.0. The highest BCUT2D eigenvalue weighted by atomic mass is 79.9. The number of halogens is 2. The first kappa shape index (κ1) is 12.3. The number of nitrogens with zero attached hydrogens (tertiary/aromatic N) is 3. The zero-order chi connectivity index (χ0) is 12.4. The largest absolute Gasteiger partial charge is 0.294 e. The van der Waals surface area contributed by atoms with Crippen LogP contribution >= 0.6 is 27.5 Å². The number of aryl methyl sites for hydroxylation is 1. The van der Waals surface area contributed by atoms with Crippen LogP contribution in [0.3, 0.4) is 0 Å². The Balaban J connectivity index is 2.20. The molecule has 88 valence electrons. The fourth-order valence-electron chi connectivity index (χ4n) is 1.45. The second-order valence-electron chi connectivity index (χ2n) is 3.61. The molecule has 0 aliphatic rings. The number of hydrogen-bond acceptors (Lipinski definition) is 3. The summed E-state index contributed by atoms with van der Waals surface area (Å²) in [5.74, 6) is -0.0667. The van der Waals surface area contributed by atoms with Crippen LogP contribution in [0.2, 0.25) is 5.02 Å². The summed E-state index contributed by atoms with van der Waals surface area (Å²) in [6.45, 7) is 0. The molecule has 0 radical (unpaired) electrons. The van der Waals surface area contributed by atoms with Crippen LogP contribution in [0.5, 0.6) is 0 Å². The molecule has 0 aliphatic carbocycles. The van der Waals surface area contributed by atoms with Crippen LogP contribution in [0.25, 0.3) is 0 Å². The van der Waals surface area contributed by atoms with E-state index in [1.807, 2.05) is 0 Å². The quantitative estimate of drug-likeness (QED) is 0.818. The summed E-state index contributed by atoms with van der Waals surface area (Å²) in [5.41, 5.74) is 1.14. The SMILES string of the molecule is Cn1cc(CC(=O)c2ccc(Br)cc2Cl)nn1. The lowest BCUT2D eigenvalue weighted by atomic mass is 10.1. The van der Waals surface area contributed by atoms with Crippen LogP contribution in [0.15, 0.2) is 28.9 Å². The van der Waals surface area contributed by atoms with Crippen LogP contribution < -0.4 is 0 Å². The van der Waals surface area contributed by atoms with Crippen molar-refractivity contribution in [1.29, 1.82) is 0 Å². The van der Waals surface area contributed by atoms with Gasteiger partial charge in [-0.25, -0.2) is 0 Å². The first-order valence-corrected chi connectivity index (χ1v) is 6.07. The van der Waals surface area contributed by atoms with E-state index < -0.39 is 0 Å². The number of benzene rings is 1. The Labute approximate surface area is 112 Å². The Bertz CT molecular complexity index is 568. The zero-order valence-electron chi connectivity index (χ0n) is 9.02. The molecule has 0 N–H and O–H groups in total. The van der Waals surface area contributed by atoms with Crippen molar-refractivity contribution in [2.24, 2.45) is 7.05 Å². The summed E-state index contributed by atoms with van der Waals surface area (Å²) in [7, 11) is 1.76. The molecule has 0 saturated carbocycles. The van der Waals surface area contributed by atoms with E-state index in [-0.39, 0.29) is 12.2 Å². The third-order valence-electron chi connectivity index (χ3n) is 2.22. The molecule has 0 spiro atoms. The van der Waals surface area contributed by atoms with Crippen LogP contribution in [0, 0.1) is 0 Å². The lowest BCUT2D eigenvalue weighted by Crippen LogP contribution is -2.04. The zero-order valence-corrected chi connectivity index (χ0v) is 11.4. The summed E-state index contributed by atoms with van der Waals surface area (Å²) in [6, 6.07) is 5.19. The van der Waals surface area contributed by atoms with Crippen molar-refractivity contribution in [3.63, 3.8) is 0 Å². The monoisotopic (exact) mass is 313 g/mol. The molecule has 1 aromatic carbocycles. The maximum absolute atomic E-state index is 12.0. The Morgan fingerprint density at radius 1 is 1.53 bits per heavy atom. The predicted molar refractivity (Wildman–Crippen MR) is 68.2 cm³/mol. The number of rotatable bonds is 3. The van der Waals surface area contributed by atoms with E-state index in [1.165, 1.54) is 0 Å². The molecular weight excluding hydrogens is 305 g/mol. The lowest BCUT2D eigenvalue weighted by molar-refractivity contribution is 0.0992. The predicted octanol–water partition coefficient (Wildman–Crippen LogP) is 2.66. The van der Waals surface area contributed by atoms with E-state index in [9.17, 15) is 4.79 Å². The maximum atomic E-state index is 12.0. The van der Waals surface area contributed by atoms with Gasteiger partial charge in [0.25, 0.3) is 0 Å². The minimum atomic E-state index is -0.0667. The van der Waals surface area contributed by atoms with Gasteiger partial charge in [0.15, 0.2) is 5.78 Å². The van der Waals surface area contributed by atoms with E-state index in [2.05, 4.69) is 26.2 Å². The third kappa shape index (κ3) is 2.92. The summed E-state index contributed by atoms with van der Waals surface area (Å²) in [5, 5.41) is 8.08. The number of hydrogen-bond donors (Lipinski definition) is 0. The second kappa shape index (κ2) is 4.98. The van der Waals surface area contributed by atoms with Crippen LogP contribution in [0.4, 0.5) is 0 Å². The Hall–Kier alpha value is -1.20. The Kier molecular flexibility index (Phi) is 3.59. The van der Waals surface area contributed by atoms with Gasteiger partial charge in [-0.05, 0) is 18.2 Å². The molecule has 0 amide bonds. The topological polar surface area (TPSA) is 47.8 Å². The van der Waals surface area contributed by atoms with Gasteiger partial charge < -0.3 is 0 Å². The van der Waals surface area contributed by atoms with Crippen molar-refractivity contribution < 1.29 is 4.79 Å². The third-order valence-corrected chi connectivity index (χ3v) is 3.03. The molecule has 0 fully saturated rings. The highest BCUT2D eigenvalue weighted by Gasteiger charge is 2.13. The average molecular weight is 315 g/mol. The van der Waals surface area contributed by atoms with Crippen molar-refractivity contribution >= 4 is 33.3 Å². The van der Waals surface area contributed by atoms with Crippen molar-refractivity contribution in [2.45, 2.75) is 6.42 Å². The lowest BCUT2D eigenvalue weighted by Gasteiger charge is -2.02. The van der Waals surface area contributed by atoms with E-state index >= 15 is 0 Å². The van der Waals surface area contributed by atoms with E-state index in [0.717, 1.165) is 4.47 Å². The van der Waals surface area contributed by atoms with Crippen molar-refractivity contribution in [1.82, 2.24) is 15.0 Å². The first-order valence-electron chi connectivity index (χ1n) is 4.89. The molecule has 2 aromatic rings. The molecule has 6 heteroatoms. The van der Waals surface area contributed by atoms with Crippen molar-refractivity contribution in [3.05, 3.63) is 45.1 Å². The van der Waals surface area contributed by atoms with E-state index in [0.29, 0.717) is 16.3 Å². The fourth-order valence-corrected chi connectivity index (χ4v) is 2.23. The Morgan fingerprint density at radius 3 is 2.88 bits per heavy atom. The van der Waals surface area contributed by atoms with Gasteiger partial charge in [-0.15, -0.1) is 5.10 Å². The molecule has 4 nitrogen and oxygen atoms in total. The van der Waals surface area contributed by atoms with Gasteiger partial charge in [-0.1, -0.05) is 32.7 Å². The van der Waals surface area contributed by atoms with Crippen molar-refractivity contribution in [2.75, 3.05) is 0 Å². The van der Waals surface area contributed by atoms with Crippen LogP contribution in [-0.2, 0) is 13.5 Å². The van der Waals surface area contributed by atoms with E-state index in [1.54, 1.807) is 36.1 Å². The normalized spacial score (nSPS) is 10.5. The standard InChI is InChI=1S/C11H9BrClN3O/c1-16-6-8(14-15-16)5-11(17)9-3-2-7(12)4-10(9)13/h2-4,6H,5H2,1H3. The Morgan fingerprint density at radius 2 is 2.29 bits per heavy atom. The number of Topliss-reactive ketones (excluding diaryl/α,β-unsaturated/α-hetero) is 1. The minimum Gasteiger partial charge on any atom is -0.294 e. The fraction of sp³-hybridized carbons (Fsp3) is 0.182. The number of ketones is 1.